The van der Waals surface area contributed by atoms with E-state index in [0.29, 0.717) is 19.1 Å². The van der Waals surface area contributed by atoms with Gasteiger partial charge in [-0.3, -0.25) is 14.4 Å². The summed E-state index contributed by atoms with van der Waals surface area (Å²) in [4.78, 5) is 47.8. The van der Waals surface area contributed by atoms with Gasteiger partial charge in [-0.25, -0.2) is 0 Å². The fourth-order valence-corrected chi connectivity index (χ4v) is 2.93. The van der Waals surface area contributed by atoms with E-state index < -0.39 is 35.8 Å². The third-order valence-corrected chi connectivity index (χ3v) is 4.62. The Bertz CT molecular complexity index is 874. The number of rotatable bonds is 11. The van der Waals surface area contributed by atoms with Crippen LogP contribution in [0.1, 0.15) is 18.1 Å². The lowest BCUT2D eigenvalue weighted by molar-refractivity contribution is -0.130. The van der Waals surface area contributed by atoms with E-state index in [9.17, 15) is 19.2 Å². The first kappa shape index (κ1) is 23.8. The Morgan fingerprint density at radius 3 is 1.97 bits per heavy atom. The van der Waals surface area contributed by atoms with E-state index in [1.807, 2.05) is 60.7 Å². The van der Waals surface area contributed by atoms with Crippen molar-refractivity contribution in [3.05, 3.63) is 71.8 Å². The van der Waals surface area contributed by atoms with Gasteiger partial charge in [0, 0.05) is 0 Å². The minimum absolute atomic E-state index is 0.305. The maximum Gasteiger partial charge on any atom is 0.242 e. The van der Waals surface area contributed by atoms with Crippen LogP contribution in [0.5, 0.6) is 0 Å². The van der Waals surface area contributed by atoms with Crippen LogP contribution in [-0.4, -0.2) is 48.7 Å². The standard InChI is InChI=1S/C23H28N4O4/c1-16(22(30)27-19(15-28)12-17-8-4-2-5-9-17)26-21(29)14-25-23(31)20(24)13-18-10-6-3-7-11-18/h2-11,15-16,19-20H,12-14,24H2,1H3,(H,25,31)(H,26,29)(H,27,30)/t16-,19-,20-/m0/s1. The summed E-state index contributed by atoms with van der Waals surface area (Å²) in [6.45, 7) is 1.20. The van der Waals surface area contributed by atoms with Gasteiger partial charge in [0.25, 0.3) is 0 Å². The normalized spacial score (nSPS) is 13.4. The van der Waals surface area contributed by atoms with Crippen molar-refractivity contribution in [2.45, 2.75) is 37.9 Å². The van der Waals surface area contributed by atoms with Crippen molar-refractivity contribution in [2.24, 2.45) is 5.73 Å². The second-order valence-electron chi connectivity index (χ2n) is 7.24. The predicted octanol–water partition coefficient (Wildman–Crippen LogP) is 0.104. The molecule has 8 nitrogen and oxygen atoms in total. The first-order valence-corrected chi connectivity index (χ1v) is 10.0. The number of benzene rings is 2. The van der Waals surface area contributed by atoms with E-state index in [-0.39, 0.29) is 6.54 Å². The third kappa shape index (κ3) is 8.39. The first-order valence-electron chi connectivity index (χ1n) is 10.0. The van der Waals surface area contributed by atoms with Crippen LogP contribution in [0, 0.1) is 0 Å². The molecule has 5 N–H and O–H groups in total. The van der Waals surface area contributed by atoms with Crippen LogP contribution in [0.25, 0.3) is 0 Å². The summed E-state index contributed by atoms with van der Waals surface area (Å²) in [7, 11) is 0. The molecule has 3 amide bonds. The minimum atomic E-state index is -0.874. The lowest BCUT2D eigenvalue weighted by Gasteiger charge is -2.18. The van der Waals surface area contributed by atoms with E-state index in [1.54, 1.807) is 0 Å². The second-order valence-corrected chi connectivity index (χ2v) is 7.24. The Kier molecular flexibility index (Phi) is 9.38. The monoisotopic (exact) mass is 424 g/mol. The topological polar surface area (TPSA) is 130 Å². The summed E-state index contributed by atoms with van der Waals surface area (Å²) in [6.07, 6.45) is 1.36. The second kappa shape index (κ2) is 12.2. The van der Waals surface area contributed by atoms with Crippen molar-refractivity contribution in [3.8, 4) is 0 Å². The summed E-state index contributed by atoms with van der Waals surface area (Å²) >= 11 is 0. The fourth-order valence-electron chi connectivity index (χ4n) is 2.93. The molecule has 3 atom stereocenters. The van der Waals surface area contributed by atoms with E-state index in [1.165, 1.54) is 6.92 Å². The van der Waals surface area contributed by atoms with E-state index in [0.717, 1.165) is 11.1 Å². The highest BCUT2D eigenvalue weighted by Crippen LogP contribution is 2.03. The average molecular weight is 425 g/mol. The average Bonchev–Trinajstić information content (AvgIpc) is 2.78. The molecule has 164 valence electrons. The molecule has 8 heteroatoms. The Hall–Kier alpha value is -3.52. The van der Waals surface area contributed by atoms with Gasteiger partial charge in [-0.15, -0.1) is 0 Å². The van der Waals surface area contributed by atoms with E-state index >= 15 is 0 Å². The van der Waals surface area contributed by atoms with Gasteiger partial charge in [0.15, 0.2) is 0 Å². The van der Waals surface area contributed by atoms with Crippen molar-refractivity contribution in [2.75, 3.05) is 6.54 Å². The lowest BCUT2D eigenvalue weighted by Crippen LogP contribution is -2.52. The molecule has 0 saturated carbocycles. The highest BCUT2D eigenvalue weighted by Gasteiger charge is 2.20. The Labute approximate surface area is 181 Å². The van der Waals surface area contributed by atoms with E-state index in [4.69, 9.17) is 5.73 Å². The molecule has 0 saturated heterocycles. The minimum Gasteiger partial charge on any atom is -0.346 e. The van der Waals surface area contributed by atoms with Gasteiger partial charge in [0.1, 0.15) is 12.3 Å². The number of aldehydes is 1. The molecule has 0 aliphatic heterocycles. The number of amides is 3. The van der Waals surface area contributed by atoms with Gasteiger partial charge in [0.05, 0.1) is 18.6 Å². The molecule has 2 rings (SSSR count). The number of nitrogens with two attached hydrogens (primary N) is 1. The fraction of sp³-hybridized carbons (Fsp3) is 0.304. The molecular formula is C23H28N4O4. The maximum atomic E-state index is 12.3. The summed E-state index contributed by atoms with van der Waals surface area (Å²) < 4.78 is 0. The lowest BCUT2D eigenvalue weighted by atomic mass is 10.1. The van der Waals surface area contributed by atoms with Gasteiger partial charge >= 0.3 is 0 Å². The molecule has 0 aliphatic rings. The molecule has 0 bridgehead atoms. The maximum absolute atomic E-state index is 12.3. The highest BCUT2D eigenvalue weighted by molar-refractivity contribution is 5.91. The van der Waals surface area contributed by atoms with Crippen LogP contribution in [0.3, 0.4) is 0 Å². The number of hydrogen-bond donors (Lipinski definition) is 4. The van der Waals surface area contributed by atoms with Crippen molar-refractivity contribution in [1.82, 2.24) is 16.0 Å². The Morgan fingerprint density at radius 2 is 1.42 bits per heavy atom. The van der Waals surface area contributed by atoms with Crippen molar-refractivity contribution >= 4 is 24.0 Å². The number of hydrogen-bond acceptors (Lipinski definition) is 5. The molecule has 0 fully saturated rings. The van der Waals surface area contributed by atoms with Gasteiger partial charge in [-0.2, -0.15) is 0 Å². The smallest absolute Gasteiger partial charge is 0.242 e. The molecule has 31 heavy (non-hydrogen) atoms. The molecule has 0 radical (unpaired) electrons. The van der Waals surface area contributed by atoms with Gasteiger partial charge < -0.3 is 26.5 Å². The Morgan fingerprint density at radius 1 is 0.871 bits per heavy atom. The summed E-state index contributed by atoms with van der Waals surface area (Å²) in [5.41, 5.74) is 7.70. The zero-order chi connectivity index (χ0) is 22.6. The molecule has 0 unspecified atom stereocenters. The molecule has 2 aromatic carbocycles. The van der Waals surface area contributed by atoms with Gasteiger partial charge in [0.2, 0.25) is 17.7 Å². The quantitative estimate of drug-likeness (QED) is 0.380. The van der Waals surface area contributed by atoms with Crippen LogP contribution < -0.4 is 21.7 Å². The zero-order valence-electron chi connectivity index (χ0n) is 17.4. The predicted molar refractivity (Wildman–Crippen MR) is 117 cm³/mol. The Balaban J connectivity index is 1.74. The number of nitrogens with one attached hydrogen (secondary N) is 3. The van der Waals surface area contributed by atoms with Crippen LogP contribution in [0.4, 0.5) is 0 Å². The SMILES string of the molecule is C[C@H](NC(=O)CNC(=O)[C@@H](N)Cc1ccccc1)C(=O)N[C@H](C=O)Cc1ccccc1. The van der Waals surface area contributed by atoms with Crippen LogP contribution in [0.2, 0.25) is 0 Å². The van der Waals surface area contributed by atoms with E-state index in [2.05, 4.69) is 16.0 Å². The molecule has 0 aromatic heterocycles. The summed E-state index contributed by atoms with van der Waals surface area (Å²) in [5.74, 6) is -1.48. The van der Waals surface area contributed by atoms with Gasteiger partial charge in [-0.1, -0.05) is 60.7 Å². The molecule has 0 heterocycles. The van der Waals surface area contributed by atoms with Crippen LogP contribution in [0.15, 0.2) is 60.7 Å². The molecule has 2 aromatic rings. The zero-order valence-corrected chi connectivity index (χ0v) is 17.4. The molecule has 0 aliphatic carbocycles. The summed E-state index contributed by atoms with van der Waals surface area (Å²) in [6, 6.07) is 16.2. The molecule has 0 spiro atoms. The number of carbonyl (C=O) groups is 4. The largest absolute Gasteiger partial charge is 0.346 e. The number of carbonyl (C=O) groups excluding carboxylic acids is 4. The van der Waals surface area contributed by atoms with Crippen LogP contribution in [-0.2, 0) is 32.0 Å². The van der Waals surface area contributed by atoms with Crippen LogP contribution >= 0.6 is 0 Å². The van der Waals surface area contributed by atoms with Crippen molar-refractivity contribution < 1.29 is 19.2 Å². The summed E-state index contributed by atoms with van der Waals surface area (Å²) in [5, 5.41) is 7.56. The highest BCUT2D eigenvalue weighted by atomic mass is 16.2. The molecular weight excluding hydrogens is 396 g/mol. The van der Waals surface area contributed by atoms with Crippen molar-refractivity contribution in [1.29, 1.82) is 0 Å². The van der Waals surface area contributed by atoms with Gasteiger partial charge in [-0.05, 0) is 30.9 Å². The van der Waals surface area contributed by atoms with Crippen molar-refractivity contribution in [3.63, 3.8) is 0 Å². The third-order valence-electron chi connectivity index (χ3n) is 4.62. The first-order chi connectivity index (χ1) is 14.9.